The van der Waals surface area contributed by atoms with Crippen LogP contribution in [0, 0.1) is 11.6 Å². The fourth-order valence-electron chi connectivity index (χ4n) is 1.84. The van der Waals surface area contributed by atoms with Crippen LogP contribution in [0.2, 0.25) is 0 Å². The fraction of sp³-hybridized carbons (Fsp3) is 0. The third-order valence-corrected chi connectivity index (χ3v) is 3.62. The number of hydrogen-bond acceptors (Lipinski definition) is 5. The Labute approximate surface area is 125 Å². The van der Waals surface area contributed by atoms with Gasteiger partial charge in [-0.05, 0) is 12.1 Å². The molecule has 1 aromatic carbocycles. The molecule has 0 atom stereocenters. The summed E-state index contributed by atoms with van der Waals surface area (Å²) >= 11 is 0.923. The van der Waals surface area contributed by atoms with E-state index in [1.54, 1.807) is 0 Å². The van der Waals surface area contributed by atoms with Crippen LogP contribution in [0.5, 0.6) is 5.88 Å². The first-order valence-corrected chi connectivity index (χ1v) is 6.78. The lowest BCUT2D eigenvalue weighted by Crippen LogP contribution is -2.00. The van der Waals surface area contributed by atoms with Crippen molar-refractivity contribution < 1.29 is 23.8 Å². The maximum absolute atomic E-state index is 13.7. The van der Waals surface area contributed by atoms with Crippen molar-refractivity contribution in [1.82, 2.24) is 14.8 Å². The van der Waals surface area contributed by atoms with Crippen LogP contribution in [0.15, 0.2) is 29.6 Å². The Balaban J connectivity index is 2.09. The smallest absolute Gasteiger partial charge is 0.355 e. The zero-order valence-corrected chi connectivity index (χ0v) is 11.5. The number of aromatic carboxylic acids is 1. The van der Waals surface area contributed by atoms with E-state index in [2.05, 4.69) is 10.1 Å². The molecule has 6 nitrogen and oxygen atoms in total. The van der Waals surface area contributed by atoms with Crippen LogP contribution >= 0.6 is 11.3 Å². The fourth-order valence-corrected chi connectivity index (χ4v) is 2.59. The third kappa shape index (κ3) is 2.31. The molecular weight excluding hydrogens is 316 g/mol. The van der Waals surface area contributed by atoms with Crippen molar-refractivity contribution in [3.05, 3.63) is 47.0 Å². The van der Waals surface area contributed by atoms with Gasteiger partial charge in [-0.3, -0.25) is 0 Å². The summed E-state index contributed by atoms with van der Waals surface area (Å²) in [5.41, 5.74) is -0.722. The van der Waals surface area contributed by atoms with Crippen LogP contribution in [-0.4, -0.2) is 30.9 Å². The topological polar surface area (TPSA) is 88.2 Å². The summed E-state index contributed by atoms with van der Waals surface area (Å²) in [6.45, 7) is 0. The summed E-state index contributed by atoms with van der Waals surface area (Å²) in [6, 6.07) is 4.43. The van der Waals surface area contributed by atoms with E-state index in [-0.39, 0.29) is 22.1 Å². The number of nitrogens with zero attached hydrogens (tertiary/aromatic N) is 3. The zero-order valence-electron chi connectivity index (χ0n) is 10.7. The lowest BCUT2D eigenvalue weighted by Gasteiger charge is -2.00. The van der Waals surface area contributed by atoms with Crippen molar-refractivity contribution in [1.29, 1.82) is 0 Å². The SMILES string of the molecule is O=C(O)c1csc(-n2nc(-c3c(F)cccc3F)cc2O)n1. The van der Waals surface area contributed by atoms with Crippen LogP contribution in [0.4, 0.5) is 8.78 Å². The molecule has 0 spiro atoms. The molecule has 0 fully saturated rings. The van der Waals surface area contributed by atoms with Gasteiger partial charge in [-0.25, -0.2) is 18.6 Å². The Morgan fingerprint density at radius 1 is 1.27 bits per heavy atom. The molecule has 0 saturated carbocycles. The number of rotatable bonds is 3. The monoisotopic (exact) mass is 323 g/mol. The number of carboxylic acids is 1. The minimum Gasteiger partial charge on any atom is -0.493 e. The number of hydrogen-bond donors (Lipinski definition) is 2. The van der Waals surface area contributed by atoms with Crippen LogP contribution in [0.1, 0.15) is 10.5 Å². The molecule has 0 aliphatic rings. The summed E-state index contributed by atoms with van der Waals surface area (Å²) in [4.78, 5) is 14.6. The molecule has 2 aromatic heterocycles. The molecule has 0 saturated heterocycles. The molecule has 0 bridgehead atoms. The Morgan fingerprint density at radius 2 is 1.95 bits per heavy atom. The number of benzene rings is 1. The van der Waals surface area contributed by atoms with Crippen molar-refractivity contribution in [3.63, 3.8) is 0 Å². The normalized spacial score (nSPS) is 10.8. The maximum atomic E-state index is 13.7. The van der Waals surface area contributed by atoms with Gasteiger partial charge in [0.15, 0.2) is 5.69 Å². The summed E-state index contributed by atoms with van der Waals surface area (Å²) in [5, 5.41) is 23.9. The highest BCUT2D eigenvalue weighted by atomic mass is 32.1. The van der Waals surface area contributed by atoms with E-state index in [1.807, 2.05) is 0 Å². The van der Waals surface area contributed by atoms with Gasteiger partial charge in [0, 0.05) is 11.4 Å². The van der Waals surface area contributed by atoms with E-state index >= 15 is 0 Å². The molecule has 0 aliphatic heterocycles. The number of halogens is 2. The van der Waals surface area contributed by atoms with Gasteiger partial charge in [0.2, 0.25) is 11.0 Å². The first-order valence-electron chi connectivity index (χ1n) is 5.90. The number of carboxylic acid groups (broad SMARTS) is 1. The largest absolute Gasteiger partial charge is 0.493 e. The van der Waals surface area contributed by atoms with E-state index in [4.69, 9.17) is 5.11 Å². The van der Waals surface area contributed by atoms with Gasteiger partial charge in [0.25, 0.3) is 0 Å². The molecule has 0 unspecified atom stereocenters. The minimum atomic E-state index is -1.23. The van der Waals surface area contributed by atoms with Crippen LogP contribution in [0.3, 0.4) is 0 Å². The predicted molar refractivity (Wildman–Crippen MR) is 73.2 cm³/mol. The van der Waals surface area contributed by atoms with Crippen molar-refractivity contribution in [3.8, 4) is 22.3 Å². The molecule has 0 amide bonds. The van der Waals surface area contributed by atoms with E-state index < -0.39 is 23.5 Å². The Morgan fingerprint density at radius 3 is 2.55 bits per heavy atom. The number of carbonyl (C=O) groups is 1. The van der Waals surface area contributed by atoms with Gasteiger partial charge < -0.3 is 10.2 Å². The Hall–Kier alpha value is -2.81. The van der Waals surface area contributed by atoms with Crippen molar-refractivity contribution in [2.45, 2.75) is 0 Å². The molecule has 3 rings (SSSR count). The van der Waals surface area contributed by atoms with Gasteiger partial charge in [0.1, 0.15) is 17.3 Å². The second-order valence-electron chi connectivity index (χ2n) is 4.22. The predicted octanol–water partition coefficient (Wildman–Crippen LogP) is 2.68. The van der Waals surface area contributed by atoms with Crippen molar-refractivity contribution >= 4 is 17.3 Å². The zero-order chi connectivity index (χ0) is 15.9. The van der Waals surface area contributed by atoms with E-state index in [9.17, 15) is 18.7 Å². The van der Waals surface area contributed by atoms with E-state index in [0.717, 1.165) is 34.2 Å². The Bertz CT molecular complexity index is 855. The average Bonchev–Trinajstić information content (AvgIpc) is 3.05. The van der Waals surface area contributed by atoms with Gasteiger partial charge in [0.05, 0.1) is 5.56 Å². The maximum Gasteiger partial charge on any atom is 0.355 e. The Kier molecular flexibility index (Phi) is 3.33. The highest BCUT2D eigenvalue weighted by molar-refractivity contribution is 7.12. The van der Waals surface area contributed by atoms with E-state index in [0.29, 0.717) is 0 Å². The second-order valence-corrected chi connectivity index (χ2v) is 5.05. The standard InChI is InChI=1S/C13H7F2N3O3S/c14-6-2-1-3-7(15)11(6)8-4-10(19)18(17-8)13-16-9(5-22-13)12(20)21/h1-5,19H,(H,20,21). The molecule has 9 heteroatoms. The number of thiazole rings is 1. The highest BCUT2D eigenvalue weighted by Crippen LogP contribution is 2.30. The lowest BCUT2D eigenvalue weighted by atomic mass is 10.1. The molecule has 2 N–H and O–H groups in total. The van der Waals surface area contributed by atoms with Crippen molar-refractivity contribution in [2.75, 3.05) is 0 Å². The minimum absolute atomic E-state index is 0.0675. The molecule has 0 aliphatic carbocycles. The van der Waals surface area contributed by atoms with Gasteiger partial charge >= 0.3 is 5.97 Å². The summed E-state index contributed by atoms with van der Waals surface area (Å²) in [5.74, 6) is -3.29. The van der Waals surface area contributed by atoms with Crippen LogP contribution in [0.25, 0.3) is 16.4 Å². The van der Waals surface area contributed by atoms with Gasteiger partial charge in [-0.2, -0.15) is 9.78 Å². The highest BCUT2D eigenvalue weighted by Gasteiger charge is 2.19. The van der Waals surface area contributed by atoms with Crippen LogP contribution < -0.4 is 0 Å². The van der Waals surface area contributed by atoms with Gasteiger partial charge in [-0.1, -0.05) is 6.07 Å². The molecular formula is C13H7F2N3O3S. The third-order valence-electron chi connectivity index (χ3n) is 2.80. The summed E-state index contributed by atoms with van der Waals surface area (Å²) in [6.07, 6.45) is 0. The number of aromatic nitrogens is 3. The first kappa shape index (κ1) is 14.1. The lowest BCUT2D eigenvalue weighted by molar-refractivity contribution is 0.0691. The quantitative estimate of drug-likeness (QED) is 0.773. The molecule has 3 aromatic rings. The molecule has 22 heavy (non-hydrogen) atoms. The molecule has 112 valence electrons. The summed E-state index contributed by atoms with van der Waals surface area (Å²) < 4.78 is 28.4. The first-order chi connectivity index (χ1) is 10.5. The van der Waals surface area contributed by atoms with E-state index in [1.165, 1.54) is 11.4 Å². The molecule has 2 heterocycles. The second kappa shape index (κ2) is 5.19. The summed E-state index contributed by atoms with van der Waals surface area (Å²) in [7, 11) is 0. The number of aromatic hydroxyl groups is 1. The van der Waals surface area contributed by atoms with Crippen LogP contribution in [-0.2, 0) is 0 Å². The molecule has 0 radical (unpaired) electrons. The van der Waals surface area contributed by atoms with Gasteiger partial charge in [-0.15, -0.1) is 11.3 Å². The average molecular weight is 323 g/mol. The van der Waals surface area contributed by atoms with Crippen molar-refractivity contribution in [2.24, 2.45) is 0 Å².